The van der Waals surface area contributed by atoms with Crippen molar-refractivity contribution in [2.75, 3.05) is 9.80 Å². The largest absolute Gasteiger partial charge is 0.311 e. The Balaban J connectivity index is 0.816. The van der Waals surface area contributed by atoms with E-state index in [1.807, 2.05) is 0 Å². The van der Waals surface area contributed by atoms with Gasteiger partial charge in [0.15, 0.2) is 0 Å². The van der Waals surface area contributed by atoms with Crippen molar-refractivity contribution in [3.05, 3.63) is 335 Å². The number of hydrogen-bond donors (Lipinski definition) is 0. The van der Waals surface area contributed by atoms with Crippen molar-refractivity contribution >= 4 is 64.3 Å². The van der Waals surface area contributed by atoms with Gasteiger partial charge < -0.3 is 9.80 Å². The van der Waals surface area contributed by atoms with Crippen LogP contribution in [0.15, 0.2) is 291 Å². The van der Waals surface area contributed by atoms with Gasteiger partial charge in [0.1, 0.15) is 0 Å². The molecule has 4 atom stereocenters. The van der Waals surface area contributed by atoms with Gasteiger partial charge in [0, 0.05) is 55.3 Å². The summed E-state index contributed by atoms with van der Waals surface area (Å²) in [5, 5.41) is 17.2. The van der Waals surface area contributed by atoms with Gasteiger partial charge in [-0.05, 0) is 226 Å². The fraction of sp³-hybridized carbons (Fsp3) is 0.0952. The molecule has 0 amide bonds. The molecule has 0 aliphatic carbocycles. The van der Waals surface area contributed by atoms with Gasteiger partial charge in [-0.15, -0.1) is 0 Å². The summed E-state index contributed by atoms with van der Waals surface area (Å²) in [4.78, 5) is 4.84. The highest BCUT2D eigenvalue weighted by Crippen LogP contribution is 2.59. The molecule has 0 N–H and O–H groups in total. The zero-order valence-corrected chi connectivity index (χ0v) is 56.0. The molecule has 14 aromatic rings. The Morgan fingerprint density at radius 3 is 0.533 bits per heavy atom. The van der Waals surface area contributed by atoms with E-state index in [-0.39, 0.29) is 0 Å². The number of benzene rings is 10. The minimum atomic E-state index is -0.601. The molecule has 0 aliphatic rings. The maximum atomic E-state index is 2.42. The van der Waals surface area contributed by atoms with Gasteiger partial charge >= 0.3 is 0 Å². The van der Waals surface area contributed by atoms with E-state index in [4.69, 9.17) is 0 Å². The molecule has 0 fully saturated rings. The molecular weight excluding hydrogens is 1160 g/mol. The highest BCUT2D eigenvalue weighted by molar-refractivity contribution is 7.62. The van der Waals surface area contributed by atoms with Crippen LogP contribution < -0.4 is 9.80 Å². The summed E-state index contributed by atoms with van der Waals surface area (Å²) < 4.78 is 0. The van der Waals surface area contributed by atoms with E-state index in [9.17, 15) is 0 Å². The third-order valence-electron chi connectivity index (χ3n) is 17.7. The maximum Gasteiger partial charge on any atom is 0.0462 e. The van der Waals surface area contributed by atoms with Crippen LogP contribution in [0.3, 0.4) is 0 Å². The average molecular weight is 1230 g/mol. The van der Waals surface area contributed by atoms with Gasteiger partial charge in [-0.1, -0.05) is 249 Å². The van der Waals surface area contributed by atoms with Gasteiger partial charge in [-0.2, -0.15) is 0 Å². The monoisotopic (exact) mass is 1230 g/mol. The van der Waals surface area contributed by atoms with Gasteiger partial charge in [0.2, 0.25) is 0 Å². The zero-order valence-electron chi connectivity index (χ0n) is 52.4. The lowest BCUT2D eigenvalue weighted by atomic mass is 10.0. The van der Waals surface area contributed by atoms with Crippen LogP contribution in [0.2, 0.25) is 0 Å². The molecule has 0 radical (unpaired) electrons. The van der Waals surface area contributed by atoms with Crippen LogP contribution in [0.25, 0.3) is 75.8 Å². The Kier molecular flexibility index (Phi) is 16.3. The Morgan fingerprint density at radius 2 is 0.356 bits per heavy atom. The maximum absolute atomic E-state index is 2.42. The van der Waals surface area contributed by atoms with Gasteiger partial charge in [0.25, 0.3) is 0 Å². The minimum Gasteiger partial charge on any atom is -0.311 e. The third-order valence-corrected chi connectivity index (χ3v) is 28.6. The molecule has 0 aliphatic heterocycles. The van der Waals surface area contributed by atoms with E-state index in [0.717, 1.165) is 45.3 Å². The van der Waals surface area contributed by atoms with Crippen LogP contribution in [-0.4, -0.2) is 0 Å². The highest BCUT2D eigenvalue weighted by Gasteiger charge is 2.23. The molecule has 438 valence electrons. The third kappa shape index (κ3) is 11.2. The number of rotatable bonds is 15. The van der Waals surface area contributed by atoms with E-state index in [1.165, 1.54) is 108 Å². The second kappa shape index (κ2) is 25.1. The lowest BCUT2D eigenvalue weighted by Crippen LogP contribution is -2.10. The van der Waals surface area contributed by atoms with E-state index in [1.54, 1.807) is 0 Å². The van der Waals surface area contributed by atoms with E-state index in [2.05, 4.69) is 356 Å². The minimum absolute atomic E-state index is 0.601. The topological polar surface area (TPSA) is 6.48 Å². The summed E-state index contributed by atoms with van der Waals surface area (Å²) in [5.41, 5.74) is 19.6. The fourth-order valence-electron chi connectivity index (χ4n) is 13.8. The van der Waals surface area contributed by atoms with Gasteiger partial charge in [-0.25, -0.2) is 0 Å². The zero-order chi connectivity index (χ0) is 61.6. The second-order valence-corrected chi connectivity index (χ2v) is 33.3. The average Bonchev–Trinajstić information content (AvgIpc) is 1.69. The van der Waals surface area contributed by atoms with Crippen LogP contribution in [0.5, 0.6) is 0 Å². The van der Waals surface area contributed by atoms with Crippen LogP contribution in [-0.2, 0) is 0 Å². The Bertz CT molecular complexity index is 4240. The predicted molar refractivity (Wildman–Crippen MR) is 397 cm³/mol. The molecule has 0 saturated heterocycles. The van der Waals surface area contributed by atoms with Crippen LogP contribution in [0.1, 0.15) is 43.4 Å². The van der Waals surface area contributed by atoms with Crippen LogP contribution in [0, 0.1) is 55.4 Å². The number of anilines is 6. The van der Waals surface area contributed by atoms with Crippen molar-refractivity contribution in [3.8, 4) is 75.8 Å². The first-order valence-electron chi connectivity index (χ1n) is 31.2. The number of nitrogens with zero attached hydrogens (tertiary/aromatic N) is 2. The first kappa shape index (κ1) is 58.6. The quantitative estimate of drug-likeness (QED) is 0.101. The fourth-order valence-corrected chi connectivity index (χ4v) is 24.4. The van der Waals surface area contributed by atoms with Gasteiger partial charge in [0.05, 0.1) is 0 Å². The molecule has 0 bridgehead atoms. The summed E-state index contributed by atoms with van der Waals surface area (Å²) in [6.45, 7) is 18.3. The summed E-state index contributed by atoms with van der Waals surface area (Å²) in [6.07, 6.45) is 0. The van der Waals surface area contributed by atoms with E-state index in [0.29, 0.717) is 0 Å². The first-order chi connectivity index (χ1) is 43.9. The summed E-state index contributed by atoms with van der Waals surface area (Å²) in [6, 6.07) is 109. The molecule has 2 nitrogen and oxygen atoms in total. The standard InChI is InChI=1S/C84H72N2P4/c1-57-53-61(5)87(77-21-13-9-14-22-77)81(57)67-33-45-73(46-34-67)85(74-47-35-68(36-48-74)82-58(2)54-62(6)88(82)78-23-15-10-16-24-78)71-41-29-65(30-42-71)66-31-43-72(44-32-66)86(75-49-37-69(38-50-75)83-59(3)55-63(7)89(83)79-25-17-11-18-26-79)76-51-39-70(40-52-76)84-60(4)56-64(8)90(84)80-27-19-12-20-28-80/h9-56H,1-8H3. The smallest absolute Gasteiger partial charge is 0.0462 e. The van der Waals surface area contributed by atoms with E-state index >= 15 is 0 Å². The van der Waals surface area contributed by atoms with Crippen molar-refractivity contribution in [1.29, 1.82) is 0 Å². The molecule has 4 unspecified atom stereocenters. The van der Waals surface area contributed by atoms with Crippen LogP contribution in [0.4, 0.5) is 34.1 Å². The Hall–Kier alpha value is -9.08. The van der Waals surface area contributed by atoms with Crippen molar-refractivity contribution < 1.29 is 0 Å². The second-order valence-electron chi connectivity index (χ2n) is 23.9. The summed E-state index contributed by atoms with van der Waals surface area (Å²) in [5.74, 6) is 0. The van der Waals surface area contributed by atoms with E-state index < -0.39 is 30.1 Å². The normalized spacial score (nSPS) is 12.1. The molecule has 14 rings (SSSR count). The summed E-state index contributed by atoms with van der Waals surface area (Å²) >= 11 is 0. The first-order valence-corrected chi connectivity index (χ1v) is 36.5. The molecule has 6 heteroatoms. The lowest BCUT2D eigenvalue weighted by Gasteiger charge is -2.27. The Labute approximate surface area is 536 Å². The molecule has 0 spiro atoms. The van der Waals surface area contributed by atoms with Crippen molar-refractivity contribution in [2.45, 2.75) is 55.4 Å². The molecule has 90 heavy (non-hydrogen) atoms. The lowest BCUT2D eigenvalue weighted by molar-refractivity contribution is 1.28. The molecule has 10 aromatic carbocycles. The SMILES string of the molecule is Cc1cc(C)p(-c2ccccc2)c1-c1ccc(N(c2ccc(-c3ccc(N(c4ccc(-c5c(C)cc(C)p5-c5ccccc5)cc4)c4ccc(-c5c(C)cc(C)p5-c5ccccc5)cc4)cc3)cc2)c2ccc(-c3c(C)cc(C)p3-c3ccccc3)cc2)cc1. The van der Waals surface area contributed by atoms with Crippen molar-refractivity contribution in [2.24, 2.45) is 0 Å². The predicted octanol–water partition coefficient (Wildman–Crippen LogP) is 27.3. The molecule has 4 heterocycles. The van der Waals surface area contributed by atoms with Crippen molar-refractivity contribution in [1.82, 2.24) is 0 Å². The number of hydrogen-bond acceptors (Lipinski definition) is 2. The van der Waals surface area contributed by atoms with Crippen molar-refractivity contribution in [3.63, 3.8) is 0 Å². The Morgan fingerprint density at radius 1 is 0.189 bits per heavy atom. The molecular formula is C84H72N2P4. The van der Waals surface area contributed by atoms with Crippen LogP contribution >= 0.6 is 30.1 Å². The highest BCUT2D eigenvalue weighted by atomic mass is 31.1. The molecule has 4 aromatic heterocycles. The number of aryl methyl sites for hydroxylation is 8. The summed E-state index contributed by atoms with van der Waals surface area (Å²) in [7, 11) is -2.40. The van der Waals surface area contributed by atoms with Gasteiger partial charge in [-0.3, -0.25) is 0 Å². The molecule has 0 saturated carbocycles.